The standard InChI is InChI=1S/C14H13Cl2NO/c15-13-6-3-11(7-14(13)16)9-18-12-4-1-10(8-17)2-5-12/h1-7H,8-9,17H2. The zero-order chi connectivity index (χ0) is 13.0. The SMILES string of the molecule is NCc1ccc(OCc2ccc(Cl)c(Cl)c2)cc1. The summed E-state index contributed by atoms with van der Waals surface area (Å²) in [5.41, 5.74) is 7.59. The van der Waals surface area contributed by atoms with Gasteiger partial charge in [-0.15, -0.1) is 0 Å². The Bertz CT molecular complexity index is 526. The summed E-state index contributed by atoms with van der Waals surface area (Å²) in [6, 6.07) is 13.2. The molecule has 0 saturated heterocycles. The molecule has 0 amide bonds. The highest BCUT2D eigenvalue weighted by Crippen LogP contribution is 2.23. The van der Waals surface area contributed by atoms with Gasteiger partial charge in [0.05, 0.1) is 10.0 Å². The summed E-state index contributed by atoms with van der Waals surface area (Å²) >= 11 is 11.8. The Balaban J connectivity index is 1.99. The zero-order valence-corrected chi connectivity index (χ0v) is 11.2. The van der Waals surface area contributed by atoms with E-state index in [0.29, 0.717) is 23.2 Å². The van der Waals surface area contributed by atoms with E-state index >= 15 is 0 Å². The quantitative estimate of drug-likeness (QED) is 0.918. The maximum Gasteiger partial charge on any atom is 0.119 e. The van der Waals surface area contributed by atoms with Gasteiger partial charge in [0.25, 0.3) is 0 Å². The monoisotopic (exact) mass is 281 g/mol. The van der Waals surface area contributed by atoms with Gasteiger partial charge in [-0.05, 0) is 35.4 Å². The fourth-order valence-electron chi connectivity index (χ4n) is 1.52. The predicted octanol–water partition coefficient (Wildman–Crippen LogP) is 4.03. The summed E-state index contributed by atoms with van der Waals surface area (Å²) in [6.45, 7) is 0.992. The summed E-state index contributed by atoms with van der Waals surface area (Å²) in [5.74, 6) is 0.804. The second kappa shape index (κ2) is 6.10. The van der Waals surface area contributed by atoms with Gasteiger partial charge >= 0.3 is 0 Å². The summed E-state index contributed by atoms with van der Waals surface area (Å²) in [6.07, 6.45) is 0. The topological polar surface area (TPSA) is 35.2 Å². The van der Waals surface area contributed by atoms with Crippen LogP contribution in [-0.4, -0.2) is 0 Å². The maximum absolute atomic E-state index is 5.93. The van der Waals surface area contributed by atoms with Crippen molar-refractivity contribution in [2.75, 3.05) is 0 Å². The van der Waals surface area contributed by atoms with E-state index in [1.54, 1.807) is 12.1 Å². The van der Waals surface area contributed by atoms with Crippen molar-refractivity contribution in [3.05, 3.63) is 63.6 Å². The van der Waals surface area contributed by atoms with Gasteiger partial charge in [0, 0.05) is 6.54 Å². The summed E-state index contributed by atoms with van der Waals surface area (Å²) in [4.78, 5) is 0. The largest absolute Gasteiger partial charge is 0.489 e. The molecule has 0 atom stereocenters. The molecule has 0 unspecified atom stereocenters. The molecule has 0 spiro atoms. The normalized spacial score (nSPS) is 10.4. The highest BCUT2D eigenvalue weighted by atomic mass is 35.5. The van der Waals surface area contributed by atoms with Crippen LogP contribution in [0.3, 0.4) is 0 Å². The number of halogens is 2. The molecule has 0 bridgehead atoms. The molecule has 4 heteroatoms. The molecule has 0 fully saturated rings. The molecule has 0 heterocycles. The lowest BCUT2D eigenvalue weighted by Gasteiger charge is -2.07. The lowest BCUT2D eigenvalue weighted by molar-refractivity contribution is 0.306. The van der Waals surface area contributed by atoms with Crippen LogP contribution in [0.1, 0.15) is 11.1 Å². The van der Waals surface area contributed by atoms with E-state index in [9.17, 15) is 0 Å². The summed E-state index contributed by atoms with van der Waals surface area (Å²) in [7, 11) is 0. The molecule has 0 aliphatic heterocycles. The van der Waals surface area contributed by atoms with Crippen LogP contribution in [-0.2, 0) is 13.2 Å². The minimum Gasteiger partial charge on any atom is -0.489 e. The second-order valence-electron chi connectivity index (χ2n) is 3.89. The summed E-state index contributed by atoms with van der Waals surface area (Å²) < 4.78 is 5.64. The zero-order valence-electron chi connectivity index (χ0n) is 9.70. The van der Waals surface area contributed by atoms with Crippen LogP contribution in [0.4, 0.5) is 0 Å². The molecule has 0 saturated carbocycles. The second-order valence-corrected chi connectivity index (χ2v) is 4.70. The van der Waals surface area contributed by atoms with Crippen LogP contribution in [0, 0.1) is 0 Å². The van der Waals surface area contributed by atoms with Crippen LogP contribution >= 0.6 is 23.2 Å². The van der Waals surface area contributed by atoms with Gasteiger partial charge < -0.3 is 10.5 Å². The van der Waals surface area contributed by atoms with Crippen LogP contribution in [0.25, 0.3) is 0 Å². The molecule has 2 aromatic carbocycles. The third-order valence-corrected chi connectivity index (χ3v) is 3.29. The van der Waals surface area contributed by atoms with Crippen LogP contribution in [0.15, 0.2) is 42.5 Å². The van der Waals surface area contributed by atoms with Crippen molar-refractivity contribution in [3.63, 3.8) is 0 Å². The van der Waals surface area contributed by atoms with Gasteiger partial charge in [0.15, 0.2) is 0 Å². The molecule has 0 radical (unpaired) electrons. The molecule has 0 aliphatic carbocycles. The van der Waals surface area contributed by atoms with Crippen molar-refractivity contribution in [2.24, 2.45) is 5.73 Å². The Morgan fingerprint density at radius 2 is 1.56 bits per heavy atom. The third-order valence-electron chi connectivity index (χ3n) is 2.55. The minimum absolute atomic E-state index is 0.457. The Labute approximate surface area is 116 Å². The maximum atomic E-state index is 5.93. The van der Waals surface area contributed by atoms with Crippen molar-refractivity contribution < 1.29 is 4.74 Å². The molecule has 0 aromatic heterocycles. The molecule has 0 aliphatic rings. The van der Waals surface area contributed by atoms with E-state index in [2.05, 4.69) is 0 Å². The van der Waals surface area contributed by atoms with E-state index < -0.39 is 0 Å². The molecular formula is C14H13Cl2NO. The van der Waals surface area contributed by atoms with Gasteiger partial charge in [-0.1, -0.05) is 41.4 Å². The number of rotatable bonds is 4. The molecule has 94 valence electrons. The smallest absolute Gasteiger partial charge is 0.119 e. The van der Waals surface area contributed by atoms with Gasteiger partial charge in [-0.2, -0.15) is 0 Å². The Kier molecular flexibility index (Phi) is 4.48. The van der Waals surface area contributed by atoms with Crippen molar-refractivity contribution in [1.82, 2.24) is 0 Å². The molecule has 2 N–H and O–H groups in total. The lowest BCUT2D eigenvalue weighted by atomic mass is 10.2. The summed E-state index contributed by atoms with van der Waals surface area (Å²) in [5, 5.41) is 1.09. The van der Waals surface area contributed by atoms with Crippen LogP contribution in [0.2, 0.25) is 10.0 Å². The number of nitrogens with two attached hydrogens (primary N) is 1. The van der Waals surface area contributed by atoms with Crippen molar-refractivity contribution >= 4 is 23.2 Å². The van der Waals surface area contributed by atoms with Crippen LogP contribution in [0.5, 0.6) is 5.75 Å². The molecule has 2 rings (SSSR count). The van der Waals surface area contributed by atoms with E-state index in [4.69, 9.17) is 33.7 Å². The minimum atomic E-state index is 0.457. The molecule has 18 heavy (non-hydrogen) atoms. The van der Waals surface area contributed by atoms with Crippen molar-refractivity contribution in [1.29, 1.82) is 0 Å². The number of ether oxygens (including phenoxy) is 1. The van der Waals surface area contributed by atoms with Gasteiger partial charge in [-0.3, -0.25) is 0 Å². The van der Waals surface area contributed by atoms with E-state index in [0.717, 1.165) is 16.9 Å². The first-order valence-electron chi connectivity index (χ1n) is 5.55. The van der Waals surface area contributed by atoms with E-state index in [1.165, 1.54) is 0 Å². The number of hydrogen-bond acceptors (Lipinski definition) is 2. The first-order valence-corrected chi connectivity index (χ1v) is 6.30. The highest BCUT2D eigenvalue weighted by molar-refractivity contribution is 6.42. The predicted molar refractivity (Wildman–Crippen MR) is 75.1 cm³/mol. The van der Waals surface area contributed by atoms with E-state index in [-0.39, 0.29) is 0 Å². The lowest BCUT2D eigenvalue weighted by Crippen LogP contribution is -1.98. The van der Waals surface area contributed by atoms with Gasteiger partial charge in [0.1, 0.15) is 12.4 Å². The fourth-order valence-corrected chi connectivity index (χ4v) is 1.84. The molecule has 2 nitrogen and oxygen atoms in total. The first kappa shape index (κ1) is 13.2. The highest BCUT2D eigenvalue weighted by Gasteiger charge is 2.01. The van der Waals surface area contributed by atoms with Gasteiger partial charge in [0.2, 0.25) is 0 Å². The Morgan fingerprint density at radius 1 is 0.889 bits per heavy atom. The number of hydrogen-bond donors (Lipinski definition) is 1. The average Bonchev–Trinajstić information content (AvgIpc) is 2.41. The van der Waals surface area contributed by atoms with Crippen molar-refractivity contribution in [3.8, 4) is 5.75 Å². The Morgan fingerprint density at radius 3 is 2.17 bits per heavy atom. The third kappa shape index (κ3) is 3.39. The fraction of sp³-hybridized carbons (Fsp3) is 0.143. The van der Waals surface area contributed by atoms with Gasteiger partial charge in [-0.25, -0.2) is 0 Å². The Hall–Kier alpha value is -1.22. The first-order chi connectivity index (χ1) is 8.69. The molecule has 2 aromatic rings. The molecular weight excluding hydrogens is 269 g/mol. The van der Waals surface area contributed by atoms with Crippen molar-refractivity contribution in [2.45, 2.75) is 13.2 Å². The number of benzene rings is 2. The van der Waals surface area contributed by atoms with Crippen LogP contribution < -0.4 is 10.5 Å². The van der Waals surface area contributed by atoms with E-state index in [1.807, 2.05) is 30.3 Å². The average molecular weight is 282 g/mol.